The fourth-order valence-corrected chi connectivity index (χ4v) is 0. The van der Waals surface area contributed by atoms with Crippen LogP contribution in [-0.2, 0) is 123 Å². The second-order valence-corrected chi connectivity index (χ2v) is 3.50. The molecule has 4 nitrogen and oxygen atoms in total. The van der Waals surface area contributed by atoms with E-state index in [2.05, 4.69) is 24.5 Å². The molecule has 0 rings (SSSR count). The van der Waals surface area contributed by atoms with Crippen molar-refractivity contribution in [3.05, 3.63) is 0 Å². The third kappa shape index (κ3) is 146. The van der Waals surface area contributed by atoms with Crippen LogP contribution in [0.2, 0.25) is 0 Å². The predicted molar refractivity (Wildman–Crippen MR) is 32.7 cm³/mol. The molecule has 0 bridgehead atoms. The average Bonchev–Trinajstić information content (AvgIpc) is 1.25. The molecule has 0 aromatic rings. The Morgan fingerprint density at radius 2 is 0.750 bits per heavy atom. The zero-order valence-electron chi connectivity index (χ0n) is 4.66. The maximum Gasteiger partial charge on any atom is 1.00 e. The van der Waals surface area contributed by atoms with E-state index in [4.69, 9.17) is 18.9 Å². The molecule has 92 valence electrons. The first-order valence-electron chi connectivity index (χ1n) is 1.22. The molecule has 12 heteroatoms. The minimum atomic E-state index is -2.80. The maximum atomic E-state index is 8.89. The quantitative estimate of drug-likeness (QED) is 0.168. The van der Waals surface area contributed by atoms with Crippen molar-refractivity contribution in [2.24, 2.45) is 0 Å². The molecule has 2 unspecified atom stereocenters. The van der Waals surface area contributed by atoms with E-state index in [-0.39, 0.29) is 89.5 Å². The Hall–Kier alpha value is 4.04. The van der Waals surface area contributed by atoms with E-state index < -0.39 is 14.5 Å². The van der Waals surface area contributed by atoms with Gasteiger partial charge in [-0.2, -0.15) is 0 Å². The molecule has 0 aliphatic heterocycles. The van der Waals surface area contributed by atoms with E-state index >= 15 is 0 Å². The van der Waals surface area contributed by atoms with Crippen molar-refractivity contribution in [3.63, 3.8) is 0 Å². The van der Waals surface area contributed by atoms with Gasteiger partial charge < -0.3 is 43.4 Å². The van der Waals surface area contributed by atoms with Gasteiger partial charge in [-0.15, -0.1) is 14.5 Å². The van der Waals surface area contributed by atoms with Crippen LogP contribution in [0.15, 0.2) is 0 Å². The van der Waals surface area contributed by atoms with Gasteiger partial charge in [-0.3, -0.25) is 0 Å². The van der Waals surface area contributed by atoms with Crippen LogP contribution in [0.1, 0.15) is 0 Å². The van der Waals surface area contributed by atoms with E-state index in [1.165, 1.54) is 0 Å². The molecular weight excluding hydrogens is 978 g/mol. The number of hydrogen-bond donors (Lipinski definition) is 0. The summed E-state index contributed by atoms with van der Waals surface area (Å²) >= 11 is 7.22. The van der Waals surface area contributed by atoms with E-state index in [0.29, 0.717) is 0 Å². The Morgan fingerprint density at radius 3 is 0.750 bits per heavy atom. The standard InChI is InChI=1S/4Au.2H3O2PS/c;;;;2*1-3(2)4/h;;;;2*3H,(H2,1,2,4)/q4*+1;;/p-4. The third-order valence-corrected chi connectivity index (χ3v) is 0. The maximum absolute atomic E-state index is 8.89. The summed E-state index contributed by atoms with van der Waals surface area (Å²) in [5.74, 6) is 0. The smallest absolute Gasteiger partial charge is 0.820 e. The van der Waals surface area contributed by atoms with Crippen molar-refractivity contribution in [1.82, 2.24) is 0 Å². The molecule has 0 aliphatic rings. The number of rotatable bonds is 0. The van der Waals surface area contributed by atoms with E-state index in [0.717, 1.165) is 0 Å². The average molecular weight is 980 g/mol. The zero-order valence-corrected chi connectivity index (χ0v) is 17.0. The Morgan fingerprint density at radius 1 is 0.750 bits per heavy atom. The Labute approximate surface area is 145 Å². The van der Waals surface area contributed by atoms with Crippen LogP contribution in [-0.4, -0.2) is 0 Å². The van der Waals surface area contributed by atoms with Crippen molar-refractivity contribution >= 4 is 39.0 Å². The molecule has 0 saturated carbocycles. The predicted octanol–water partition coefficient (Wildman–Crippen LogP) is -1.44. The molecule has 0 aromatic carbocycles. The van der Waals surface area contributed by atoms with Gasteiger partial charge in [0.2, 0.25) is 0 Å². The summed E-state index contributed by atoms with van der Waals surface area (Å²) in [7, 11) is -5.59. The molecule has 0 aromatic heterocycles. The van der Waals surface area contributed by atoms with Crippen LogP contribution in [0.3, 0.4) is 0 Å². The SMILES string of the molecule is O=[PH]([O-])[S-].O=[PH]([O-])[S-].[Au+].[Au+].[Au+].[Au+]. The van der Waals surface area contributed by atoms with Gasteiger partial charge in [0, 0.05) is 0 Å². The van der Waals surface area contributed by atoms with Gasteiger partial charge in [0.15, 0.2) is 0 Å². The monoisotopic (exact) mass is 980 g/mol. The molecule has 0 N–H and O–H groups in total. The van der Waals surface area contributed by atoms with E-state index in [9.17, 15) is 0 Å². The summed E-state index contributed by atoms with van der Waals surface area (Å²) in [6, 6.07) is 0. The Bertz CT molecular complexity index is 81.1. The first-order valence-corrected chi connectivity index (χ1v) is 6.12. The molecule has 0 fully saturated rings. The molecule has 0 amide bonds. The molecule has 0 spiro atoms. The van der Waals surface area contributed by atoms with E-state index in [1.54, 1.807) is 0 Å². The summed E-state index contributed by atoms with van der Waals surface area (Å²) in [5.41, 5.74) is 0. The van der Waals surface area contributed by atoms with Crippen LogP contribution < -0.4 is 9.79 Å². The van der Waals surface area contributed by atoms with Crippen molar-refractivity contribution < 1.29 is 108 Å². The van der Waals surface area contributed by atoms with Crippen molar-refractivity contribution in [2.45, 2.75) is 0 Å². The Kier molecular flexibility index (Phi) is 88.2. The van der Waals surface area contributed by atoms with Gasteiger partial charge in [0.1, 0.15) is 0 Å². The van der Waals surface area contributed by atoms with Crippen LogP contribution in [0, 0.1) is 0 Å². The second kappa shape index (κ2) is 29.4. The summed E-state index contributed by atoms with van der Waals surface area (Å²) in [6.07, 6.45) is 0. The fraction of sp³-hybridized carbons (Fsp3) is 0. The summed E-state index contributed by atoms with van der Waals surface area (Å²) < 4.78 is 17.8. The van der Waals surface area contributed by atoms with Crippen LogP contribution in [0.25, 0.3) is 0 Å². The minimum absolute atomic E-state index is 0. The zero-order chi connectivity index (χ0) is 7.15. The second-order valence-electron chi connectivity index (χ2n) is 0.500. The van der Waals surface area contributed by atoms with Crippen molar-refractivity contribution in [1.29, 1.82) is 0 Å². The van der Waals surface area contributed by atoms with Gasteiger partial charge in [-0.25, -0.2) is 0 Å². The number of hydrogen-bond acceptors (Lipinski definition) is 6. The Balaban J connectivity index is -0.0000000112. The summed E-state index contributed by atoms with van der Waals surface area (Å²) in [5, 5.41) is 0. The van der Waals surface area contributed by atoms with Gasteiger partial charge in [-0.05, 0) is 0 Å². The first-order chi connectivity index (χ1) is 3.46. The normalized spacial score (nSPS) is 10.3. The molecule has 12 heavy (non-hydrogen) atoms. The van der Waals surface area contributed by atoms with E-state index in [1.807, 2.05) is 0 Å². The molecule has 0 radical (unpaired) electrons. The van der Waals surface area contributed by atoms with Gasteiger partial charge in [0.05, 0.1) is 0 Å². The molecular formula is H2Au4O4P2S2. The van der Waals surface area contributed by atoms with Gasteiger partial charge >= 0.3 is 89.5 Å². The topological polar surface area (TPSA) is 80.3 Å². The van der Waals surface area contributed by atoms with Crippen molar-refractivity contribution in [3.8, 4) is 0 Å². The third-order valence-electron chi connectivity index (χ3n) is 0. The molecule has 2 atom stereocenters. The molecule has 0 heterocycles. The van der Waals surface area contributed by atoms with Gasteiger partial charge in [0.25, 0.3) is 0 Å². The largest absolute Gasteiger partial charge is 1.00 e. The minimum Gasteiger partial charge on any atom is -0.820 e. The van der Waals surface area contributed by atoms with Crippen LogP contribution in [0.4, 0.5) is 0 Å². The van der Waals surface area contributed by atoms with Crippen molar-refractivity contribution in [2.75, 3.05) is 0 Å². The summed E-state index contributed by atoms with van der Waals surface area (Å²) in [4.78, 5) is 17.8. The molecule has 0 aliphatic carbocycles. The first kappa shape index (κ1) is 36.0. The van der Waals surface area contributed by atoms with Gasteiger partial charge in [-0.1, -0.05) is 0 Å². The summed E-state index contributed by atoms with van der Waals surface area (Å²) in [6.45, 7) is 0. The molecule has 0 saturated heterocycles. The van der Waals surface area contributed by atoms with Crippen LogP contribution >= 0.6 is 14.5 Å². The van der Waals surface area contributed by atoms with Crippen LogP contribution in [0.5, 0.6) is 0 Å². The fourth-order valence-electron chi connectivity index (χ4n) is 0.